The average Bonchev–Trinajstić information content (AvgIpc) is 2.11. The molecule has 1 aliphatic rings. The fourth-order valence-corrected chi connectivity index (χ4v) is 1.82. The Morgan fingerprint density at radius 2 is 2.33 bits per heavy atom. The molecule has 0 radical (unpaired) electrons. The first-order chi connectivity index (χ1) is 5.04. The number of halogens is 1. The number of hydrogen-bond donors (Lipinski definition) is 2. The highest BCUT2D eigenvalue weighted by atomic mass is 35.5. The van der Waals surface area contributed by atoms with Crippen LogP contribution in [0.5, 0.6) is 0 Å². The van der Waals surface area contributed by atoms with Crippen LogP contribution in [0.3, 0.4) is 0 Å². The maximum atomic E-state index is 10.4. The molecule has 0 aliphatic heterocycles. The highest BCUT2D eigenvalue weighted by Gasteiger charge is 2.38. The fourth-order valence-electron chi connectivity index (χ4n) is 1.82. The molecule has 0 aromatic heterocycles. The molecule has 0 spiro atoms. The molecule has 1 saturated carbocycles. The van der Waals surface area contributed by atoms with E-state index in [0.717, 1.165) is 19.3 Å². The lowest BCUT2D eigenvalue weighted by molar-refractivity contribution is -0.138. The topological polar surface area (TPSA) is 63.3 Å². The predicted molar refractivity (Wildman–Crippen MR) is 49.4 cm³/mol. The first-order valence-corrected chi connectivity index (χ1v) is 4.05. The highest BCUT2D eigenvalue weighted by Crippen LogP contribution is 2.35. The first kappa shape index (κ1) is 11.7. The van der Waals surface area contributed by atoms with Gasteiger partial charge in [-0.25, -0.2) is 0 Å². The maximum Gasteiger partial charge on any atom is 0.305 e. The summed E-state index contributed by atoms with van der Waals surface area (Å²) in [6.45, 7) is 2.04. The molecule has 2 atom stereocenters. The minimum absolute atomic E-state index is 0. The maximum absolute atomic E-state index is 10.4. The van der Waals surface area contributed by atoms with E-state index in [1.165, 1.54) is 0 Å². The van der Waals surface area contributed by atoms with E-state index in [-0.39, 0.29) is 18.8 Å². The molecule has 4 heteroatoms. The van der Waals surface area contributed by atoms with Crippen LogP contribution < -0.4 is 5.73 Å². The molecule has 1 rings (SSSR count). The quantitative estimate of drug-likeness (QED) is 0.697. The summed E-state index contributed by atoms with van der Waals surface area (Å²) in [5.41, 5.74) is 5.50. The summed E-state index contributed by atoms with van der Waals surface area (Å²) >= 11 is 0. The summed E-state index contributed by atoms with van der Waals surface area (Å²) in [6.07, 6.45) is 3.13. The van der Waals surface area contributed by atoms with Crippen molar-refractivity contribution in [2.24, 2.45) is 11.7 Å². The summed E-state index contributed by atoms with van der Waals surface area (Å²) in [5.74, 6) is -0.417. The zero-order valence-electron chi connectivity index (χ0n) is 7.25. The Kier molecular flexibility index (Phi) is 4.00. The third-order valence-electron chi connectivity index (χ3n) is 2.74. The standard InChI is InChI=1S/C8H15NO2.ClH/c1-6-3-2-4-8(6,9)5-7(10)11;/h6H,2-5,9H2,1H3,(H,10,11);1H. The van der Waals surface area contributed by atoms with Crippen molar-refractivity contribution in [3.8, 4) is 0 Å². The van der Waals surface area contributed by atoms with Gasteiger partial charge >= 0.3 is 5.97 Å². The van der Waals surface area contributed by atoms with Gasteiger partial charge in [-0.1, -0.05) is 13.3 Å². The van der Waals surface area contributed by atoms with E-state index in [9.17, 15) is 4.79 Å². The molecule has 3 N–H and O–H groups in total. The van der Waals surface area contributed by atoms with Crippen LogP contribution in [0.15, 0.2) is 0 Å². The lowest BCUT2D eigenvalue weighted by atomic mass is 9.86. The van der Waals surface area contributed by atoms with Gasteiger partial charge in [-0.3, -0.25) is 4.79 Å². The molecule has 1 aliphatic carbocycles. The molecular formula is C8H16ClNO2. The van der Waals surface area contributed by atoms with Crippen molar-refractivity contribution in [3.05, 3.63) is 0 Å². The fraction of sp³-hybridized carbons (Fsp3) is 0.875. The normalized spacial score (nSPS) is 34.3. The summed E-state index contributed by atoms with van der Waals surface area (Å²) in [5, 5.41) is 8.58. The first-order valence-electron chi connectivity index (χ1n) is 4.05. The molecule has 2 unspecified atom stereocenters. The van der Waals surface area contributed by atoms with Crippen LogP contribution in [0, 0.1) is 5.92 Å². The second kappa shape index (κ2) is 4.10. The predicted octanol–water partition coefficient (Wildman–Crippen LogP) is 1.40. The van der Waals surface area contributed by atoms with Crippen LogP contribution in [0.2, 0.25) is 0 Å². The highest BCUT2D eigenvalue weighted by molar-refractivity contribution is 5.85. The van der Waals surface area contributed by atoms with Crippen molar-refractivity contribution in [2.75, 3.05) is 0 Å². The average molecular weight is 194 g/mol. The van der Waals surface area contributed by atoms with Crippen molar-refractivity contribution in [2.45, 2.75) is 38.1 Å². The molecule has 12 heavy (non-hydrogen) atoms. The minimum Gasteiger partial charge on any atom is -0.481 e. The largest absolute Gasteiger partial charge is 0.481 e. The van der Waals surface area contributed by atoms with Gasteiger partial charge in [0.25, 0.3) is 0 Å². The smallest absolute Gasteiger partial charge is 0.305 e. The van der Waals surface area contributed by atoms with Crippen molar-refractivity contribution in [1.29, 1.82) is 0 Å². The van der Waals surface area contributed by atoms with Gasteiger partial charge in [-0.15, -0.1) is 12.4 Å². The van der Waals surface area contributed by atoms with Crippen LogP contribution >= 0.6 is 12.4 Å². The minimum atomic E-state index is -0.777. The number of carboxylic acid groups (broad SMARTS) is 1. The van der Waals surface area contributed by atoms with E-state index in [1.54, 1.807) is 0 Å². The molecule has 0 amide bonds. The van der Waals surface area contributed by atoms with E-state index in [4.69, 9.17) is 10.8 Å². The Bertz CT molecular complexity index is 174. The number of carbonyl (C=O) groups is 1. The lowest BCUT2D eigenvalue weighted by Gasteiger charge is -2.26. The Morgan fingerprint density at radius 3 is 2.67 bits per heavy atom. The van der Waals surface area contributed by atoms with Crippen molar-refractivity contribution < 1.29 is 9.90 Å². The number of rotatable bonds is 2. The van der Waals surface area contributed by atoms with Crippen molar-refractivity contribution in [3.63, 3.8) is 0 Å². The Labute approximate surface area is 78.7 Å². The number of nitrogens with two attached hydrogens (primary N) is 1. The van der Waals surface area contributed by atoms with Gasteiger partial charge in [0.2, 0.25) is 0 Å². The molecule has 1 fully saturated rings. The molecule has 0 heterocycles. The van der Waals surface area contributed by atoms with Gasteiger partial charge in [-0.05, 0) is 18.8 Å². The van der Waals surface area contributed by atoms with E-state index >= 15 is 0 Å². The lowest BCUT2D eigenvalue weighted by Crippen LogP contribution is -2.44. The molecule has 72 valence electrons. The van der Waals surface area contributed by atoms with E-state index in [2.05, 4.69) is 0 Å². The Morgan fingerprint density at radius 1 is 1.75 bits per heavy atom. The molecule has 0 bridgehead atoms. The molecule has 0 aromatic carbocycles. The summed E-state index contributed by atoms with van der Waals surface area (Å²) in [4.78, 5) is 10.4. The van der Waals surface area contributed by atoms with Crippen LogP contribution in [-0.2, 0) is 4.79 Å². The zero-order chi connectivity index (χ0) is 8.48. The van der Waals surface area contributed by atoms with Crippen LogP contribution in [0.1, 0.15) is 32.6 Å². The zero-order valence-corrected chi connectivity index (χ0v) is 8.06. The second-order valence-electron chi connectivity index (χ2n) is 3.60. The summed E-state index contributed by atoms with van der Waals surface area (Å²) in [6, 6.07) is 0. The van der Waals surface area contributed by atoms with Crippen LogP contribution in [0.25, 0.3) is 0 Å². The van der Waals surface area contributed by atoms with E-state index < -0.39 is 11.5 Å². The van der Waals surface area contributed by atoms with Gasteiger partial charge in [0.1, 0.15) is 0 Å². The van der Waals surface area contributed by atoms with E-state index in [0.29, 0.717) is 5.92 Å². The molecular weight excluding hydrogens is 178 g/mol. The van der Waals surface area contributed by atoms with Crippen molar-refractivity contribution >= 4 is 18.4 Å². The van der Waals surface area contributed by atoms with E-state index in [1.807, 2.05) is 6.92 Å². The number of carboxylic acids is 1. The third-order valence-corrected chi connectivity index (χ3v) is 2.74. The van der Waals surface area contributed by atoms with Gasteiger partial charge in [-0.2, -0.15) is 0 Å². The molecule has 0 aromatic rings. The third kappa shape index (κ3) is 2.35. The SMILES string of the molecule is CC1CCCC1(N)CC(=O)O.Cl. The monoisotopic (exact) mass is 193 g/mol. The Hall–Kier alpha value is -0.280. The number of hydrogen-bond acceptors (Lipinski definition) is 2. The summed E-state index contributed by atoms with van der Waals surface area (Å²) in [7, 11) is 0. The van der Waals surface area contributed by atoms with Crippen molar-refractivity contribution in [1.82, 2.24) is 0 Å². The van der Waals surface area contributed by atoms with Crippen LogP contribution in [-0.4, -0.2) is 16.6 Å². The molecule has 0 saturated heterocycles. The Balaban J connectivity index is 0.00000121. The second-order valence-corrected chi connectivity index (χ2v) is 3.60. The van der Waals surface area contributed by atoms with Gasteiger partial charge in [0.05, 0.1) is 6.42 Å². The van der Waals surface area contributed by atoms with Gasteiger partial charge in [0.15, 0.2) is 0 Å². The van der Waals surface area contributed by atoms with Gasteiger partial charge in [0, 0.05) is 5.54 Å². The molecule has 3 nitrogen and oxygen atoms in total. The summed E-state index contributed by atoms with van der Waals surface area (Å²) < 4.78 is 0. The van der Waals surface area contributed by atoms with Gasteiger partial charge < -0.3 is 10.8 Å². The van der Waals surface area contributed by atoms with Crippen LogP contribution in [0.4, 0.5) is 0 Å². The number of aliphatic carboxylic acids is 1.